The van der Waals surface area contributed by atoms with Crippen molar-refractivity contribution in [3.8, 4) is 0 Å². The Balaban J connectivity index is 2.22. The third kappa shape index (κ3) is 2.66. The maximum absolute atomic E-state index is 9.26. The van der Waals surface area contributed by atoms with Crippen LogP contribution in [0.15, 0.2) is 0 Å². The molecule has 2 N–H and O–H groups in total. The second-order valence-electron chi connectivity index (χ2n) is 5.45. The summed E-state index contributed by atoms with van der Waals surface area (Å²) in [6.45, 7) is 8.60. The van der Waals surface area contributed by atoms with E-state index in [9.17, 15) is 10.2 Å². The van der Waals surface area contributed by atoms with Crippen LogP contribution >= 0.6 is 0 Å². The van der Waals surface area contributed by atoms with E-state index in [0.717, 1.165) is 13.1 Å². The monoisotopic (exact) mass is 274 g/mol. The smallest absolute Gasteiger partial charge is 0.164 e. The predicted octanol–water partition coefficient (Wildman–Crippen LogP) is -0.686. The van der Waals surface area contributed by atoms with Gasteiger partial charge in [0.05, 0.1) is 26.4 Å². The summed E-state index contributed by atoms with van der Waals surface area (Å²) in [4.78, 5) is 4.31. The molecule has 0 radical (unpaired) electrons. The van der Waals surface area contributed by atoms with E-state index in [1.54, 1.807) is 0 Å². The molecule has 0 bridgehead atoms. The molecule has 0 amide bonds. The highest BCUT2D eigenvalue weighted by Crippen LogP contribution is 2.38. The van der Waals surface area contributed by atoms with Gasteiger partial charge in [-0.3, -0.25) is 9.80 Å². The Kier molecular flexibility index (Phi) is 5.16. The zero-order valence-corrected chi connectivity index (χ0v) is 11.9. The third-order valence-corrected chi connectivity index (χ3v) is 4.11. The zero-order chi connectivity index (χ0) is 13.9. The van der Waals surface area contributed by atoms with Crippen molar-refractivity contribution in [2.24, 2.45) is 5.92 Å². The number of hydrogen-bond acceptors (Lipinski definition) is 6. The molecule has 2 aliphatic rings. The molecule has 2 unspecified atom stereocenters. The highest BCUT2D eigenvalue weighted by atomic mass is 16.6. The molecule has 0 spiro atoms. The number of rotatable bonds is 6. The van der Waals surface area contributed by atoms with Gasteiger partial charge >= 0.3 is 0 Å². The van der Waals surface area contributed by atoms with Crippen LogP contribution in [0.5, 0.6) is 0 Å². The van der Waals surface area contributed by atoms with Gasteiger partial charge in [-0.2, -0.15) is 0 Å². The fourth-order valence-electron chi connectivity index (χ4n) is 3.28. The molecule has 2 rings (SSSR count). The number of ether oxygens (including phenoxy) is 2. The van der Waals surface area contributed by atoms with Crippen LogP contribution in [-0.2, 0) is 9.47 Å². The highest BCUT2D eigenvalue weighted by Gasteiger charge is 2.55. The van der Waals surface area contributed by atoms with Gasteiger partial charge in [-0.1, -0.05) is 13.8 Å². The lowest BCUT2D eigenvalue weighted by molar-refractivity contribution is -0.224. The van der Waals surface area contributed by atoms with E-state index in [1.165, 1.54) is 0 Å². The second kappa shape index (κ2) is 6.47. The quantitative estimate of drug-likeness (QED) is 0.669. The Hall–Kier alpha value is -0.240. The second-order valence-corrected chi connectivity index (χ2v) is 5.45. The molecule has 0 aromatic rings. The molecule has 2 heterocycles. The molecular formula is C13H26N2O4. The Morgan fingerprint density at radius 1 is 1.16 bits per heavy atom. The first kappa shape index (κ1) is 15.2. The van der Waals surface area contributed by atoms with Crippen LogP contribution in [0.25, 0.3) is 0 Å². The zero-order valence-electron chi connectivity index (χ0n) is 11.9. The maximum atomic E-state index is 9.26. The lowest BCUT2D eigenvalue weighted by Crippen LogP contribution is -2.62. The molecule has 0 saturated carbocycles. The number of nitrogens with zero attached hydrogens (tertiary/aromatic N) is 2. The molecule has 6 nitrogen and oxygen atoms in total. The van der Waals surface area contributed by atoms with Crippen molar-refractivity contribution in [3.63, 3.8) is 0 Å². The fourth-order valence-corrected chi connectivity index (χ4v) is 3.28. The van der Waals surface area contributed by atoms with Crippen molar-refractivity contribution in [3.05, 3.63) is 0 Å². The number of β-amino-alcohol motifs (C(OH)–C–C–N with tert-alkyl or cyclic N) is 2. The van der Waals surface area contributed by atoms with Crippen molar-refractivity contribution < 1.29 is 19.7 Å². The molecule has 2 atom stereocenters. The van der Waals surface area contributed by atoms with Crippen LogP contribution in [0.1, 0.15) is 13.8 Å². The summed E-state index contributed by atoms with van der Waals surface area (Å²) in [6, 6.07) is 0. The number of aliphatic hydroxyl groups is 2. The van der Waals surface area contributed by atoms with Crippen molar-refractivity contribution in [1.82, 2.24) is 9.80 Å². The Labute approximate surface area is 114 Å². The van der Waals surface area contributed by atoms with Crippen molar-refractivity contribution in [2.45, 2.75) is 25.8 Å². The van der Waals surface area contributed by atoms with Gasteiger partial charge in [0.15, 0.2) is 12.0 Å². The van der Waals surface area contributed by atoms with E-state index in [4.69, 9.17) is 9.47 Å². The summed E-state index contributed by atoms with van der Waals surface area (Å²) in [5.41, 5.74) is -0.519. The minimum Gasteiger partial charge on any atom is -0.395 e. The first-order valence-corrected chi connectivity index (χ1v) is 7.13. The topological polar surface area (TPSA) is 65.4 Å². The van der Waals surface area contributed by atoms with E-state index in [2.05, 4.69) is 23.6 Å². The lowest BCUT2D eigenvalue weighted by atomic mass is 9.95. The number of hydrogen-bond donors (Lipinski definition) is 2. The van der Waals surface area contributed by atoms with E-state index in [1.807, 2.05) is 0 Å². The van der Waals surface area contributed by atoms with Crippen LogP contribution in [0.2, 0.25) is 0 Å². The van der Waals surface area contributed by atoms with Gasteiger partial charge in [0, 0.05) is 32.1 Å². The Morgan fingerprint density at radius 3 is 2.53 bits per heavy atom. The van der Waals surface area contributed by atoms with E-state index >= 15 is 0 Å². The first-order valence-electron chi connectivity index (χ1n) is 7.13. The number of aliphatic hydroxyl groups excluding tert-OH is 2. The van der Waals surface area contributed by atoms with Gasteiger partial charge in [-0.05, 0) is 0 Å². The molecular weight excluding hydrogens is 248 g/mol. The first-order chi connectivity index (χ1) is 9.16. The van der Waals surface area contributed by atoms with Crippen LogP contribution in [0, 0.1) is 5.92 Å². The highest BCUT2D eigenvalue weighted by molar-refractivity contribution is 4.97. The average Bonchev–Trinajstić information content (AvgIpc) is 2.97. The normalized spacial score (nSPS) is 33.6. The maximum Gasteiger partial charge on any atom is 0.164 e. The molecule has 2 aliphatic heterocycles. The van der Waals surface area contributed by atoms with Gasteiger partial charge in [0.2, 0.25) is 0 Å². The van der Waals surface area contributed by atoms with E-state index < -0.39 is 5.72 Å². The van der Waals surface area contributed by atoms with Gasteiger partial charge in [0.1, 0.15) is 0 Å². The molecule has 0 aromatic carbocycles. The van der Waals surface area contributed by atoms with Crippen molar-refractivity contribution in [2.75, 3.05) is 52.6 Å². The average molecular weight is 274 g/mol. The largest absolute Gasteiger partial charge is 0.395 e. The van der Waals surface area contributed by atoms with Crippen LogP contribution in [0.4, 0.5) is 0 Å². The van der Waals surface area contributed by atoms with Gasteiger partial charge in [-0.15, -0.1) is 0 Å². The summed E-state index contributed by atoms with van der Waals surface area (Å²) >= 11 is 0. The summed E-state index contributed by atoms with van der Waals surface area (Å²) in [6.07, 6.45) is -0.173. The van der Waals surface area contributed by atoms with Crippen molar-refractivity contribution >= 4 is 0 Å². The predicted molar refractivity (Wildman–Crippen MR) is 70.6 cm³/mol. The van der Waals surface area contributed by atoms with Crippen LogP contribution in [-0.4, -0.2) is 84.6 Å². The van der Waals surface area contributed by atoms with Crippen LogP contribution in [0.3, 0.4) is 0 Å². The standard InChI is InChI=1S/C13H26N2O4/c1-11(2)13(15(4-8-17)6-10-19-13)12-14(3-7-16)5-9-18-12/h11-12,16-17H,3-10H2,1-2H3. The third-order valence-electron chi connectivity index (χ3n) is 4.11. The molecule has 2 fully saturated rings. The SMILES string of the molecule is CC(C)C1(C2OCCN2CCO)OCCN1CCO. The molecule has 19 heavy (non-hydrogen) atoms. The Morgan fingerprint density at radius 2 is 1.89 bits per heavy atom. The summed E-state index contributed by atoms with van der Waals surface area (Å²) in [7, 11) is 0. The molecule has 2 saturated heterocycles. The van der Waals surface area contributed by atoms with Gasteiger partial charge < -0.3 is 19.7 Å². The van der Waals surface area contributed by atoms with Crippen LogP contribution < -0.4 is 0 Å². The molecule has 0 aliphatic carbocycles. The minimum absolute atomic E-state index is 0.116. The molecule has 0 aromatic heterocycles. The van der Waals surface area contributed by atoms with E-state index in [0.29, 0.717) is 26.3 Å². The molecule has 112 valence electrons. The fraction of sp³-hybridized carbons (Fsp3) is 1.00. The van der Waals surface area contributed by atoms with Crippen molar-refractivity contribution in [1.29, 1.82) is 0 Å². The summed E-state index contributed by atoms with van der Waals surface area (Å²) in [5, 5.41) is 18.4. The van der Waals surface area contributed by atoms with Gasteiger partial charge in [-0.25, -0.2) is 0 Å². The molecule has 6 heteroatoms. The van der Waals surface area contributed by atoms with E-state index in [-0.39, 0.29) is 25.4 Å². The summed E-state index contributed by atoms with van der Waals surface area (Å²) < 4.78 is 12.0. The van der Waals surface area contributed by atoms with Gasteiger partial charge in [0.25, 0.3) is 0 Å². The lowest BCUT2D eigenvalue weighted by Gasteiger charge is -2.46. The summed E-state index contributed by atoms with van der Waals surface area (Å²) in [5.74, 6) is 0.242. The minimum atomic E-state index is -0.519. The Bertz CT molecular complexity index is 290.